The molecular weight excluding hydrogens is 316 g/mol. The lowest BCUT2D eigenvalue weighted by Gasteiger charge is -2.18. The van der Waals surface area contributed by atoms with Crippen molar-refractivity contribution in [1.29, 1.82) is 0 Å². The summed E-state index contributed by atoms with van der Waals surface area (Å²) in [4.78, 5) is 28.7. The van der Waals surface area contributed by atoms with Crippen molar-refractivity contribution in [3.63, 3.8) is 0 Å². The third-order valence-electron chi connectivity index (χ3n) is 4.48. The van der Waals surface area contributed by atoms with Gasteiger partial charge < -0.3 is 5.11 Å². The van der Waals surface area contributed by atoms with Gasteiger partial charge in [-0.05, 0) is 48.6 Å². The first-order valence-corrected chi connectivity index (χ1v) is 8.18. The van der Waals surface area contributed by atoms with Gasteiger partial charge in [0, 0.05) is 11.8 Å². The lowest BCUT2D eigenvalue weighted by molar-refractivity contribution is 0.0696. The van der Waals surface area contributed by atoms with E-state index >= 15 is 0 Å². The molecule has 3 aromatic rings. The summed E-state index contributed by atoms with van der Waals surface area (Å²) in [6.45, 7) is 0. The number of nitrogens with zero attached hydrogens (tertiary/aromatic N) is 2. The van der Waals surface area contributed by atoms with Gasteiger partial charge in [0.1, 0.15) is 5.65 Å². The van der Waals surface area contributed by atoms with Gasteiger partial charge in [0.25, 0.3) is 5.56 Å². The van der Waals surface area contributed by atoms with Gasteiger partial charge in [-0.15, -0.1) is 0 Å². The smallest absolute Gasteiger partial charge is 0.337 e. The number of aromatic carboxylic acids is 1. The fourth-order valence-corrected chi connectivity index (χ4v) is 3.26. The van der Waals surface area contributed by atoms with Gasteiger partial charge in [-0.25, -0.2) is 9.78 Å². The highest BCUT2D eigenvalue weighted by Gasteiger charge is 2.21. The summed E-state index contributed by atoms with van der Waals surface area (Å²) < 4.78 is 1.34. The lowest BCUT2D eigenvalue weighted by atomic mass is 9.91. The maximum Gasteiger partial charge on any atom is 0.337 e. The third-order valence-corrected chi connectivity index (χ3v) is 4.48. The van der Waals surface area contributed by atoms with Crippen LogP contribution >= 0.6 is 0 Å². The van der Waals surface area contributed by atoms with Crippen molar-refractivity contribution in [2.75, 3.05) is 0 Å². The Morgan fingerprint density at radius 2 is 1.92 bits per heavy atom. The molecule has 2 heterocycles. The second-order valence-corrected chi connectivity index (χ2v) is 6.13. The minimum absolute atomic E-state index is 0.0761. The second kappa shape index (κ2) is 6.02. The van der Waals surface area contributed by atoms with Gasteiger partial charge >= 0.3 is 5.97 Å². The van der Waals surface area contributed by atoms with Gasteiger partial charge in [-0.3, -0.25) is 9.20 Å². The van der Waals surface area contributed by atoms with Crippen LogP contribution in [-0.2, 0) is 6.42 Å². The number of fused-ring (bicyclic) bond motifs is 2. The molecule has 0 amide bonds. The normalized spacial score (nSPS) is 15.3. The van der Waals surface area contributed by atoms with Crippen molar-refractivity contribution in [2.45, 2.75) is 19.3 Å². The quantitative estimate of drug-likeness (QED) is 0.782. The standard InChI is InChI=1S/C20H16N2O3/c23-19-16-8-4-7-14(11-13-5-2-1-3-6-13)18(16)21-17-10-9-15(20(24)25)12-22(17)19/h1-3,5-6,9-12H,4,7-8H2,(H,24,25)/b14-11-. The van der Waals surface area contributed by atoms with E-state index in [1.807, 2.05) is 30.3 Å². The van der Waals surface area contributed by atoms with Crippen LogP contribution in [0, 0.1) is 0 Å². The Labute approximate surface area is 143 Å². The van der Waals surface area contributed by atoms with Gasteiger partial charge in [-0.2, -0.15) is 0 Å². The fourth-order valence-electron chi connectivity index (χ4n) is 3.26. The molecule has 1 aromatic carbocycles. The highest BCUT2D eigenvalue weighted by atomic mass is 16.4. The van der Waals surface area contributed by atoms with E-state index < -0.39 is 5.97 Å². The molecule has 0 aliphatic heterocycles. The third kappa shape index (κ3) is 2.74. The molecule has 25 heavy (non-hydrogen) atoms. The average molecular weight is 332 g/mol. The Kier molecular flexibility index (Phi) is 3.69. The first kappa shape index (κ1) is 15.3. The molecule has 5 heteroatoms. The van der Waals surface area contributed by atoms with Crippen molar-refractivity contribution in [1.82, 2.24) is 9.38 Å². The van der Waals surface area contributed by atoms with Crippen LogP contribution in [0.2, 0.25) is 0 Å². The number of allylic oxidation sites excluding steroid dienone is 1. The zero-order valence-electron chi connectivity index (χ0n) is 13.5. The minimum Gasteiger partial charge on any atom is -0.478 e. The first-order chi connectivity index (χ1) is 12.1. The molecule has 4 rings (SSSR count). The maximum atomic E-state index is 12.8. The Hall–Kier alpha value is -3.21. The molecule has 0 bridgehead atoms. The highest BCUT2D eigenvalue weighted by molar-refractivity contribution is 5.88. The van der Waals surface area contributed by atoms with Gasteiger partial charge in [0.2, 0.25) is 0 Å². The van der Waals surface area contributed by atoms with Crippen molar-refractivity contribution in [3.05, 3.63) is 81.4 Å². The molecule has 0 fully saturated rings. The number of carboxylic acids is 1. The molecule has 1 N–H and O–H groups in total. The number of carboxylic acid groups (broad SMARTS) is 1. The molecule has 5 nitrogen and oxygen atoms in total. The predicted octanol–water partition coefficient (Wildman–Crippen LogP) is 3.27. The second-order valence-electron chi connectivity index (χ2n) is 6.13. The number of rotatable bonds is 2. The van der Waals surface area contributed by atoms with Gasteiger partial charge in [-0.1, -0.05) is 30.3 Å². The zero-order chi connectivity index (χ0) is 17.4. The Bertz CT molecular complexity index is 1070. The number of hydrogen-bond donors (Lipinski definition) is 1. The summed E-state index contributed by atoms with van der Waals surface area (Å²) in [5.74, 6) is -1.06. The molecule has 124 valence electrons. The summed E-state index contributed by atoms with van der Waals surface area (Å²) in [6, 6.07) is 13.0. The van der Waals surface area contributed by atoms with Crippen LogP contribution in [0.1, 0.15) is 40.0 Å². The molecule has 1 aliphatic rings. The molecule has 0 radical (unpaired) electrons. The molecule has 0 saturated carbocycles. The zero-order valence-corrected chi connectivity index (χ0v) is 13.5. The molecule has 0 atom stereocenters. The monoisotopic (exact) mass is 332 g/mol. The maximum absolute atomic E-state index is 12.8. The van der Waals surface area contributed by atoms with E-state index in [0.717, 1.165) is 29.7 Å². The van der Waals surface area contributed by atoms with Gasteiger partial charge in [0.15, 0.2) is 0 Å². The summed E-state index contributed by atoms with van der Waals surface area (Å²) >= 11 is 0. The van der Waals surface area contributed by atoms with E-state index in [9.17, 15) is 9.59 Å². The summed E-state index contributed by atoms with van der Waals surface area (Å²) in [5, 5.41) is 9.13. The van der Waals surface area contributed by atoms with E-state index in [2.05, 4.69) is 11.1 Å². The van der Waals surface area contributed by atoms with E-state index in [0.29, 0.717) is 17.6 Å². The number of carbonyl (C=O) groups is 1. The predicted molar refractivity (Wildman–Crippen MR) is 95.7 cm³/mol. The lowest BCUT2D eigenvalue weighted by Crippen LogP contribution is -2.25. The topological polar surface area (TPSA) is 71.7 Å². The summed E-state index contributed by atoms with van der Waals surface area (Å²) in [6.07, 6.45) is 5.84. The number of hydrogen-bond acceptors (Lipinski definition) is 3. The SMILES string of the molecule is O=C(O)c1ccc2nc3c(c(=O)n2c1)CCC/C3=C/c1ccccc1. The van der Waals surface area contributed by atoms with E-state index in [4.69, 9.17) is 5.11 Å². The average Bonchev–Trinajstić information content (AvgIpc) is 2.63. The van der Waals surface area contributed by atoms with Crippen molar-refractivity contribution in [3.8, 4) is 0 Å². The van der Waals surface area contributed by atoms with E-state index in [1.165, 1.54) is 16.7 Å². The van der Waals surface area contributed by atoms with Crippen LogP contribution in [0.4, 0.5) is 0 Å². The van der Waals surface area contributed by atoms with Gasteiger partial charge in [0.05, 0.1) is 11.3 Å². The number of pyridine rings is 1. The van der Waals surface area contributed by atoms with E-state index in [1.54, 1.807) is 6.07 Å². The molecule has 1 aliphatic carbocycles. The van der Waals surface area contributed by atoms with Crippen LogP contribution in [0.3, 0.4) is 0 Å². The molecule has 0 spiro atoms. The Morgan fingerprint density at radius 3 is 2.68 bits per heavy atom. The van der Waals surface area contributed by atoms with Crippen LogP contribution in [0.15, 0.2) is 53.5 Å². The summed E-state index contributed by atoms with van der Waals surface area (Å²) in [7, 11) is 0. The molecular formula is C20H16N2O3. The van der Waals surface area contributed by atoms with Crippen molar-refractivity contribution >= 4 is 23.3 Å². The summed E-state index contributed by atoms with van der Waals surface area (Å²) in [5.41, 5.74) is 3.89. The van der Waals surface area contributed by atoms with Crippen molar-refractivity contribution in [2.24, 2.45) is 0 Å². The minimum atomic E-state index is -1.06. The van der Waals surface area contributed by atoms with E-state index in [-0.39, 0.29) is 11.1 Å². The fraction of sp³-hybridized carbons (Fsp3) is 0.150. The van der Waals surface area contributed by atoms with Crippen molar-refractivity contribution < 1.29 is 9.90 Å². The largest absolute Gasteiger partial charge is 0.478 e. The number of aromatic nitrogens is 2. The van der Waals surface area contributed by atoms with Crippen LogP contribution in [0.5, 0.6) is 0 Å². The molecule has 0 saturated heterocycles. The van der Waals surface area contributed by atoms with Crippen LogP contribution in [0.25, 0.3) is 17.3 Å². The van der Waals surface area contributed by atoms with Crippen LogP contribution < -0.4 is 5.56 Å². The van der Waals surface area contributed by atoms with Crippen LogP contribution in [-0.4, -0.2) is 20.5 Å². The molecule has 2 aromatic heterocycles. The molecule has 0 unspecified atom stereocenters. The highest BCUT2D eigenvalue weighted by Crippen LogP contribution is 2.29. The number of benzene rings is 1. The Morgan fingerprint density at radius 1 is 1.12 bits per heavy atom. The Balaban J connectivity index is 1.92. The first-order valence-electron chi connectivity index (χ1n) is 8.18.